The van der Waals surface area contributed by atoms with E-state index < -0.39 is 18.0 Å². The highest BCUT2D eigenvalue weighted by Gasteiger charge is 2.38. The van der Waals surface area contributed by atoms with Crippen LogP contribution < -0.4 is 0 Å². The van der Waals surface area contributed by atoms with Crippen molar-refractivity contribution < 1.29 is 23.5 Å². The normalized spacial score (nSPS) is 15.2. The van der Waals surface area contributed by atoms with E-state index >= 15 is 0 Å². The molecule has 2 amide bonds. The minimum Gasteiger partial charge on any atom is -0.446 e. The van der Waals surface area contributed by atoms with E-state index in [0.717, 1.165) is 10.5 Å². The van der Waals surface area contributed by atoms with Gasteiger partial charge in [0.1, 0.15) is 18.5 Å². The Hall–Kier alpha value is -3.28. The SMILES string of the molecule is C=CC.O=C(CCCC(=O)N1C(=O)OC[C@@H]1c1ccccc1)c1ccc(F)cc1. The summed E-state index contributed by atoms with van der Waals surface area (Å²) in [5.74, 6) is -0.939. The number of imide groups is 1. The number of ether oxygens (including phenoxy) is 1. The van der Waals surface area contributed by atoms with E-state index in [2.05, 4.69) is 6.58 Å². The van der Waals surface area contributed by atoms with Crippen molar-refractivity contribution in [3.63, 3.8) is 0 Å². The fourth-order valence-corrected chi connectivity index (χ4v) is 2.92. The molecule has 0 aliphatic carbocycles. The molecule has 0 radical (unpaired) electrons. The lowest BCUT2D eigenvalue weighted by atomic mass is 10.0. The number of carbonyl (C=O) groups excluding carboxylic acids is 3. The lowest BCUT2D eigenvalue weighted by Gasteiger charge is -2.19. The minimum absolute atomic E-state index is 0.0609. The Labute approximate surface area is 169 Å². The fourth-order valence-electron chi connectivity index (χ4n) is 2.92. The number of amides is 2. The second kappa shape index (κ2) is 10.9. The van der Waals surface area contributed by atoms with Crippen molar-refractivity contribution in [2.45, 2.75) is 32.2 Å². The minimum atomic E-state index is -0.659. The van der Waals surface area contributed by atoms with Gasteiger partial charge in [0.15, 0.2) is 5.78 Å². The summed E-state index contributed by atoms with van der Waals surface area (Å²) in [6.45, 7) is 5.38. The van der Waals surface area contributed by atoms with Crippen molar-refractivity contribution in [2.75, 3.05) is 6.61 Å². The van der Waals surface area contributed by atoms with Crippen LogP contribution in [0.25, 0.3) is 0 Å². The number of allylic oxidation sites excluding steroid dienone is 1. The molecule has 152 valence electrons. The monoisotopic (exact) mass is 397 g/mol. The van der Waals surface area contributed by atoms with E-state index in [1.165, 1.54) is 24.3 Å². The molecule has 6 heteroatoms. The topological polar surface area (TPSA) is 63.7 Å². The fraction of sp³-hybridized carbons (Fsp3) is 0.261. The molecule has 0 unspecified atom stereocenters. The van der Waals surface area contributed by atoms with Crippen LogP contribution in [0, 0.1) is 5.82 Å². The van der Waals surface area contributed by atoms with Gasteiger partial charge in [-0.2, -0.15) is 0 Å². The number of Topliss-reactive ketones (excluding diaryl/α,β-unsaturated/α-hetero) is 1. The molecule has 0 saturated carbocycles. The Balaban J connectivity index is 0.000000941. The summed E-state index contributed by atoms with van der Waals surface area (Å²) in [7, 11) is 0. The van der Waals surface area contributed by atoms with Gasteiger partial charge in [-0.3, -0.25) is 9.59 Å². The van der Waals surface area contributed by atoms with Crippen LogP contribution in [0.5, 0.6) is 0 Å². The highest BCUT2D eigenvalue weighted by atomic mass is 19.1. The van der Waals surface area contributed by atoms with Crippen LogP contribution in [0.2, 0.25) is 0 Å². The maximum absolute atomic E-state index is 12.9. The van der Waals surface area contributed by atoms with Crippen LogP contribution in [0.3, 0.4) is 0 Å². The predicted molar refractivity (Wildman–Crippen MR) is 108 cm³/mol. The maximum Gasteiger partial charge on any atom is 0.417 e. The first-order chi connectivity index (χ1) is 14.0. The number of benzene rings is 2. The number of hydrogen-bond acceptors (Lipinski definition) is 4. The summed E-state index contributed by atoms with van der Waals surface area (Å²) in [4.78, 5) is 37.6. The van der Waals surface area contributed by atoms with Gasteiger partial charge in [0.25, 0.3) is 0 Å². The van der Waals surface area contributed by atoms with Crippen LogP contribution in [-0.4, -0.2) is 29.3 Å². The predicted octanol–water partition coefficient (Wildman–Crippen LogP) is 5.09. The van der Waals surface area contributed by atoms with Gasteiger partial charge in [0.2, 0.25) is 5.91 Å². The Bertz CT molecular complexity index is 849. The molecule has 0 bridgehead atoms. The van der Waals surface area contributed by atoms with Gasteiger partial charge in [-0.1, -0.05) is 36.4 Å². The van der Waals surface area contributed by atoms with Gasteiger partial charge in [-0.25, -0.2) is 14.1 Å². The second-order valence-electron chi connectivity index (χ2n) is 6.46. The average molecular weight is 397 g/mol. The summed E-state index contributed by atoms with van der Waals surface area (Å²) in [6.07, 6.45) is 1.61. The molecule has 5 nitrogen and oxygen atoms in total. The van der Waals surface area contributed by atoms with E-state index in [4.69, 9.17) is 4.74 Å². The molecule has 1 atom stereocenters. The molecule has 1 fully saturated rings. The molecule has 2 aromatic rings. The molecule has 0 aromatic heterocycles. The number of carbonyl (C=O) groups is 3. The molecule has 1 saturated heterocycles. The third kappa shape index (κ3) is 6.10. The smallest absolute Gasteiger partial charge is 0.417 e. The number of ketones is 1. The van der Waals surface area contributed by atoms with Crippen molar-refractivity contribution in [1.82, 2.24) is 4.90 Å². The van der Waals surface area contributed by atoms with E-state index in [0.29, 0.717) is 12.0 Å². The van der Waals surface area contributed by atoms with Crippen LogP contribution >= 0.6 is 0 Å². The standard InChI is InChI=1S/C20H18FNO4.C3H6/c21-16-11-9-15(10-12-16)18(23)7-4-8-19(24)22-17(13-26-20(22)25)14-5-2-1-3-6-14;1-3-2/h1-3,5-6,9-12,17H,4,7-8,13H2;3H,1H2,2H3/t17-;/m1./s1. The summed E-state index contributed by atoms with van der Waals surface area (Å²) >= 11 is 0. The Morgan fingerprint density at radius 1 is 1.14 bits per heavy atom. The third-order valence-electron chi connectivity index (χ3n) is 4.29. The second-order valence-corrected chi connectivity index (χ2v) is 6.46. The van der Waals surface area contributed by atoms with Crippen molar-refractivity contribution in [1.29, 1.82) is 0 Å². The molecule has 2 aromatic carbocycles. The molecule has 0 spiro atoms. The average Bonchev–Trinajstić information content (AvgIpc) is 3.11. The highest BCUT2D eigenvalue weighted by molar-refractivity contribution is 5.97. The van der Waals surface area contributed by atoms with Crippen LogP contribution in [-0.2, 0) is 9.53 Å². The molecule has 3 rings (SSSR count). The first-order valence-electron chi connectivity index (χ1n) is 9.37. The van der Waals surface area contributed by atoms with Gasteiger partial charge >= 0.3 is 6.09 Å². The molecule has 0 N–H and O–H groups in total. The van der Waals surface area contributed by atoms with Crippen molar-refractivity contribution >= 4 is 17.8 Å². The van der Waals surface area contributed by atoms with E-state index in [1.54, 1.807) is 6.08 Å². The first kappa shape index (κ1) is 22.0. The van der Waals surface area contributed by atoms with Crippen molar-refractivity contribution in [3.05, 3.63) is 84.2 Å². The Morgan fingerprint density at radius 2 is 1.76 bits per heavy atom. The van der Waals surface area contributed by atoms with Crippen LogP contribution in [0.15, 0.2) is 67.3 Å². The number of hydrogen-bond donors (Lipinski definition) is 0. The largest absolute Gasteiger partial charge is 0.446 e. The highest BCUT2D eigenvalue weighted by Crippen LogP contribution is 2.28. The zero-order valence-electron chi connectivity index (χ0n) is 16.3. The lowest BCUT2D eigenvalue weighted by Crippen LogP contribution is -2.34. The Morgan fingerprint density at radius 3 is 2.38 bits per heavy atom. The number of halogens is 1. The van der Waals surface area contributed by atoms with Crippen molar-refractivity contribution in [3.8, 4) is 0 Å². The van der Waals surface area contributed by atoms with Gasteiger partial charge in [-0.15, -0.1) is 6.58 Å². The maximum atomic E-state index is 12.9. The number of nitrogens with zero attached hydrogens (tertiary/aromatic N) is 1. The van der Waals surface area contributed by atoms with Gasteiger partial charge in [0, 0.05) is 18.4 Å². The molecule has 1 heterocycles. The van der Waals surface area contributed by atoms with Crippen LogP contribution in [0.4, 0.5) is 9.18 Å². The summed E-state index contributed by atoms with van der Waals surface area (Å²) in [5.41, 5.74) is 1.23. The van der Waals surface area contributed by atoms with Gasteiger partial charge in [-0.05, 0) is 43.2 Å². The van der Waals surface area contributed by atoms with Crippen molar-refractivity contribution in [2.24, 2.45) is 0 Å². The molecular weight excluding hydrogens is 373 g/mol. The molecule has 29 heavy (non-hydrogen) atoms. The quantitative estimate of drug-likeness (QED) is 0.503. The molecule has 1 aliphatic rings. The van der Waals surface area contributed by atoms with Gasteiger partial charge in [0.05, 0.1) is 0 Å². The van der Waals surface area contributed by atoms with E-state index in [1.807, 2.05) is 37.3 Å². The van der Waals surface area contributed by atoms with Gasteiger partial charge < -0.3 is 4.74 Å². The summed E-state index contributed by atoms with van der Waals surface area (Å²) in [5, 5.41) is 0. The third-order valence-corrected chi connectivity index (χ3v) is 4.29. The number of cyclic esters (lactones) is 1. The first-order valence-corrected chi connectivity index (χ1v) is 9.37. The van der Waals surface area contributed by atoms with E-state index in [9.17, 15) is 18.8 Å². The zero-order chi connectivity index (χ0) is 21.2. The Kier molecular flexibility index (Phi) is 8.27. The van der Waals surface area contributed by atoms with Crippen LogP contribution in [0.1, 0.15) is 48.1 Å². The lowest BCUT2D eigenvalue weighted by molar-refractivity contribution is -0.129. The zero-order valence-corrected chi connectivity index (χ0v) is 16.3. The molecular formula is C23H24FNO4. The van der Waals surface area contributed by atoms with E-state index in [-0.39, 0.29) is 31.1 Å². The number of rotatable bonds is 6. The summed E-state index contributed by atoms with van der Waals surface area (Å²) < 4.78 is 17.9. The summed E-state index contributed by atoms with van der Waals surface area (Å²) in [6, 6.07) is 14.1. The molecule has 1 aliphatic heterocycles.